The molecule has 110 valence electrons. The number of anilines is 1. The van der Waals surface area contributed by atoms with E-state index in [1.165, 1.54) is 0 Å². The molecule has 0 amide bonds. The second kappa shape index (κ2) is 7.89. The van der Waals surface area contributed by atoms with Crippen molar-refractivity contribution >= 4 is 53.0 Å². The van der Waals surface area contributed by atoms with Crippen molar-refractivity contribution in [1.82, 2.24) is 10.3 Å². The van der Waals surface area contributed by atoms with Gasteiger partial charge in [0.25, 0.3) is 0 Å². The van der Waals surface area contributed by atoms with Gasteiger partial charge in [0, 0.05) is 28.3 Å². The first-order valence-electron chi connectivity index (χ1n) is 6.34. The average Bonchev–Trinajstić information content (AvgIpc) is 2.40. The van der Waals surface area contributed by atoms with Gasteiger partial charge in [-0.25, -0.2) is 0 Å². The number of nitrogens with zero attached hydrogens (tertiary/aromatic N) is 1. The highest BCUT2D eigenvalue weighted by Crippen LogP contribution is 2.25. The van der Waals surface area contributed by atoms with E-state index in [4.69, 9.17) is 11.6 Å². The van der Waals surface area contributed by atoms with Crippen molar-refractivity contribution in [1.29, 1.82) is 0 Å². The SMILES string of the molecule is Cl.Cl.Clc1ccc2c(NC3CCNCC3)ccnc2c1. The number of fused-ring (bicyclic) bond motifs is 1. The molecule has 0 radical (unpaired) electrons. The number of benzene rings is 1. The molecule has 1 aromatic carbocycles. The summed E-state index contributed by atoms with van der Waals surface area (Å²) in [6, 6.07) is 8.45. The minimum Gasteiger partial charge on any atom is -0.382 e. The number of nitrogens with one attached hydrogen (secondary N) is 2. The molecular weight excluding hydrogens is 317 g/mol. The lowest BCUT2D eigenvalue weighted by Crippen LogP contribution is -2.35. The summed E-state index contributed by atoms with van der Waals surface area (Å²) in [6.07, 6.45) is 4.16. The number of aromatic nitrogens is 1. The highest BCUT2D eigenvalue weighted by atomic mass is 35.5. The number of halogens is 3. The van der Waals surface area contributed by atoms with Gasteiger partial charge >= 0.3 is 0 Å². The first kappa shape index (κ1) is 17.3. The van der Waals surface area contributed by atoms with Gasteiger partial charge in [-0.15, -0.1) is 24.8 Å². The van der Waals surface area contributed by atoms with Crippen LogP contribution in [0.2, 0.25) is 5.02 Å². The molecule has 0 bridgehead atoms. The molecule has 2 N–H and O–H groups in total. The van der Waals surface area contributed by atoms with E-state index in [1.807, 2.05) is 30.5 Å². The molecule has 1 aliphatic heterocycles. The van der Waals surface area contributed by atoms with E-state index in [9.17, 15) is 0 Å². The van der Waals surface area contributed by atoms with Crippen LogP contribution in [0, 0.1) is 0 Å². The number of piperidine rings is 1. The molecule has 1 aliphatic rings. The number of rotatable bonds is 2. The molecule has 0 saturated carbocycles. The van der Waals surface area contributed by atoms with Gasteiger partial charge in [-0.2, -0.15) is 0 Å². The fourth-order valence-corrected chi connectivity index (χ4v) is 2.60. The Bertz CT molecular complexity index is 556. The fourth-order valence-electron chi connectivity index (χ4n) is 2.43. The topological polar surface area (TPSA) is 37.0 Å². The summed E-state index contributed by atoms with van der Waals surface area (Å²) < 4.78 is 0. The molecule has 2 aromatic rings. The van der Waals surface area contributed by atoms with E-state index in [0.29, 0.717) is 6.04 Å². The minimum absolute atomic E-state index is 0. The van der Waals surface area contributed by atoms with E-state index in [-0.39, 0.29) is 24.8 Å². The highest BCUT2D eigenvalue weighted by molar-refractivity contribution is 6.31. The third-order valence-corrected chi connectivity index (χ3v) is 3.64. The van der Waals surface area contributed by atoms with E-state index >= 15 is 0 Å². The van der Waals surface area contributed by atoms with Crippen LogP contribution in [0.25, 0.3) is 10.9 Å². The Morgan fingerprint density at radius 1 is 1.15 bits per heavy atom. The largest absolute Gasteiger partial charge is 0.382 e. The van der Waals surface area contributed by atoms with Crippen molar-refractivity contribution in [2.45, 2.75) is 18.9 Å². The van der Waals surface area contributed by atoms with Crippen LogP contribution in [0.1, 0.15) is 12.8 Å². The third-order valence-electron chi connectivity index (χ3n) is 3.40. The van der Waals surface area contributed by atoms with Crippen LogP contribution in [-0.2, 0) is 0 Å². The van der Waals surface area contributed by atoms with E-state index < -0.39 is 0 Å². The van der Waals surface area contributed by atoms with E-state index in [1.54, 1.807) is 0 Å². The van der Waals surface area contributed by atoms with Crippen LogP contribution >= 0.6 is 36.4 Å². The first-order valence-corrected chi connectivity index (χ1v) is 6.72. The standard InChI is InChI=1S/C14H16ClN3.2ClH/c15-10-1-2-12-13(5-8-17-14(12)9-10)18-11-3-6-16-7-4-11;;/h1-2,5,8-9,11,16H,3-4,6-7H2,(H,17,18);2*1H. The lowest BCUT2D eigenvalue weighted by molar-refractivity contribution is 0.479. The molecule has 20 heavy (non-hydrogen) atoms. The molecule has 1 saturated heterocycles. The van der Waals surface area contributed by atoms with Crippen molar-refractivity contribution in [2.24, 2.45) is 0 Å². The molecule has 1 aromatic heterocycles. The lowest BCUT2D eigenvalue weighted by Gasteiger charge is -2.25. The van der Waals surface area contributed by atoms with Gasteiger partial charge in [0.05, 0.1) is 5.52 Å². The zero-order valence-corrected chi connectivity index (χ0v) is 13.3. The maximum atomic E-state index is 5.99. The van der Waals surface area contributed by atoms with Crippen molar-refractivity contribution in [3.63, 3.8) is 0 Å². The molecular formula is C14H18Cl3N3. The summed E-state index contributed by atoms with van der Waals surface area (Å²) in [5.74, 6) is 0. The first-order chi connectivity index (χ1) is 8.83. The molecule has 0 spiro atoms. The third kappa shape index (κ3) is 3.89. The molecule has 1 fully saturated rings. The summed E-state index contributed by atoms with van der Waals surface area (Å²) in [7, 11) is 0. The zero-order valence-electron chi connectivity index (χ0n) is 10.9. The van der Waals surface area contributed by atoms with Crippen LogP contribution in [0.15, 0.2) is 30.5 Å². The highest BCUT2D eigenvalue weighted by Gasteiger charge is 2.13. The average molecular weight is 335 g/mol. The minimum atomic E-state index is 0. The quantitative estimate of drug-likeness (QED) is 0.874. The van der Waals surface area contributed by atoms with Crippen LogP contribution in [0.4, 0.5) is 5.69 Å². The van der Waals surface area contributed by atoms with Crippen LogP contribution in [0.3, 0.4) is 0 Å². The van der Waals surface area contributed by atoms with Crippen LogP contribution in [0.5, 0.6) is 0 Å². The molecule has 0 atom stereocenters. The second-order valence-corrected chi connectivity index (χ2v) is 5.13. The smallest absolute Gasteiger partial charge is 0.0737 e. The summed E-state index contributed by atoms with van der Waals surface area (Å²) >= 11 is 5.99. The van der Waals surface area contributed by atoms with Gasteiger partial charge in [0.15, 0.2) is 0 Å². The summed E-state index contributed by atoms with van der Waals surface area (Å²) in [5.41, 5.74) is 2.10. The molecule has 0 aliphatic carbocycles. The molecule has 6 heteroatoms. The van der Waals surface area contributed by atoms with Gasteiger partial charge in [-0.3, -0.25) is 4.98 Å². The van der Waals surface area contributed by atoms with E-state index in [0.717, 1.165) is 47.5 Å². The van der Waals surface area contributed by atoms with Crippen molar-refractivity contribution in [2.75, 3.05) is 18.4 Å². The molecule has 3 nitrogen and oxygen atoms in total. The van der Waals surface area contributed by atoms with E-state index in [2.05, 4.69) is 15.6 Å². The van der Waals surface area contributed by atoms with Gasteiger partial charge in [0.2, 0.25) is 0 Å². The lowest BCUT2D eigenvalue weighted by atomic mass is 10.1. The fraction of sp³-hybridized carbons (Fsp3) is 0.357. The van der Waals surface area contributed by atoms with Gasteiger partial charge < -0.3 is 10.6 Å². The Morgan fingerprint density at radius 2 is 1.90 bits per heavy atom. The normalized spacial score (nSPS) is 15.2. The molecule has 3 rings (SSSR count). The van der Waals surface area contributed by atoms with Crippen molar-refractivity contribution in [3.05, 3.63) is 35.5 Å². The van der Waals surface area contributed by atoms with Gasteiger partial charge in [0.1, 0.15) is 0 Å². The van der Waals surface area contributed by atoms with Crippen LogP contribution < -0.4 is 10.6 Å². The second-order valence-electron chi connectivity index (χ2n) is 4.69. The van der Waals surface area contributed by atoms with Crippen molar-refractivity contribution in [3.8, 4) is 0 Å². The Labute approximate surface area is 136 Å². The summed E-state index contributed by atoms with van der Waals surface area (Å²) in [5, 5.41) is 8.87. The predicted molar refractivity (Wildman–Crippen MR) is 90.8 cm³/mol. The Kier molecular flexibility index (Phi) is 6.83. The molecule has 0 unspecified atom stereocenters. The monoisotopic (exact) mass is 333 g/mol. The van der Waals surface area contributed by atoms with Crippen LogP contribution in [-0.4, -0.2) is 24.1 Å². The Hall–Kier alpha value is -0.740. The van der Waals surface area contributed by atoms with Crippen molar-refractivity contribution < 1.29 is 0 Å². The Balaban J connectivity index is 0.000001000. The maximum Gasteiger partial charge on any atom is 0.0737 e. The molecule has 2 heterocycles. The number of hydrogen-bond acceptors (Lipinski definition) is 3. The van der Waals surface area contributed by atoms with Gasteiger partial charge in [-0.1, -0.05) is 11.6 Å². The summed E-state index contributed by atoms with van der Waals surface area (Å²) in [4.78, 5) is 4.36. The predicted octanol–water partition coefficient (Wildman–Crippen LogP) is 3.90. The Morgan fingerprint density at radius 3 is 2.65 bits per heavy atom. The van der Waals surface area contributed by atoms with Gasteiger partial charge in [-0.05, 0) is 50.2 Å². The summed E-state index contributed by atoms with van der Waals surface area (Å²) in [6.45, 7) is 2.18. The zero-order chi connectivity index (χ0) is 12.4. The number of hydrogen-bond donors (Lipinski definition) is 2. The maximum absolute atomic E-state index is 5.99. The number of pyridine rings is 1.